The zero-order valence-corrected chi connectivity index (χ0v) is 11.8. The summed E-state index contributed by atoms with van der Waals surface area (Å²) < 4.78 is 0. The number of rotatable bonds is 4. The van der Waals surface area contributed by atoms with E-state index < -0.39 is 6.10 Å². The van der Waals surface area contributed by atoms with Crippen molar-refractivity contribution >= 4 is 23.2 Å². The highest BCUT2D eigenvalue weighted by Crippen LogP contribution is 2.35. The molecule has 0 heterocycles. The summed E-state index contributed by atoms with van der Waals surface area (Å²) in [6, 6.07) is 14.7. The van der Waals surface area contributed by atoms with Gasteiger partial charge in [0.15, 0.2) is 0 Å². The summed E-state index contributed by atoms with van der Waals surface area (Å²) >= 11 is 12.1. The van der Waals surface area contributed by atoms with Crippen molar-refractivity contribution in [3.63, 3.8) is 0 Å². The van der Waals surface area contributed by atoms with Crippen LogP contribution in [0.2, 0.25) is 10.0 Å². The smallest absolute Gasteiger partial charge is 0.0871 e. The SMILES string of the molecule is NCC(c1ccc(Cl)cc1Cl)C(O)c1ccccc1. The molecule has 2 nitrogen and oxygen atoms in total. The van der Waals surface area contributed by atoms with Gasteiger partial charge in [0.05, 0.1) is 6.10 Å². The molecule has 3 N–H and O–H groups in total. The molecule has 0 aromatic heterocycles. The predicted octanol–water partition coefficient (Wildman–Crippen LogP) is 3.77. The molecule has 2 unspecified atom stereocenters. The molecule has 0 fully saturated rings. The summed E-state index contributed by atoms with van der Waals surface area (Å²) in [5, 5.41) is 11.5. The fourth-order valence-corrected chi connectivity index (χ4v) is 2.66. The normalized spacial score (nSPS) is 14.1. The van der Waals surface area contributed by atoms with Crippen molar-refractivity contribution in [1.82, 2.24) is 0 Å². The number of hydrogen-bond acceptors (Lipinski definition) is 2. The van der Waals surface area contributed by atoms with Crippen molar-refractivity contribution in [2.24, 2.45) is 5.73 Å². The second-order valence-electron chi connectivity index (χ2n) is 4.36. The van der Waals surface area contributed by atoms with Crippen LogP contribution in [0, 0.1) is 0 Å². The van der Waals surface area contributed by atoms with Gasteiger partial charge in [-0.1, -0.05) is 59.6 Å². The van der Waals surface area contributed by atoms with E-state index in [4.69, 9.17) is 28.9 Å². The van der Waals surface area contributed by atoms with Crippen LogP contribution in [0.3, 0.4) is 0 Å². The van der Waals surface area contributed by atoms with Crippen LogP contribution < -0.4 is 5.73 Å². The van der Waals surface area contributed by atoms with Gasteiger partial charge < -0.3 is 10.8 Å². The fourth-order valence-electron chi connectivity index (χ4n) is 2.11. The third-order valence-corrected chi connectivity index (χ3v) is 3.70. The first kappa shape index (κ1) is 14.4. The van der Waals surface area contributed by atoms with Crippen LogP contribution in [0.15, 0.2) is 48.5 Å². The van der Waals surface area contributed by atoms with E-state index in [9.17, 15) is 5.11 Å². The largest absolute Gasteiger partial charge is 0.388 e. The van der Waals surface area contributed by atoms with E-state index in [1.807, 2.05) is 36.4 Å². The molecule has 0 amide bonds. The Morgan fingerprint density at radius 1 is 1.05 bits per heavy atom. The van der Waals surface area contributed by atoms with Gasteiger partial charge in [-0.3, -0.25) is 0 Å². The highest BCUT2D eigenvalue weighted by Gasteiger charge is 2.23. The molecule has 2 atom stereocenters. The second kappa shape index (κ2) is 6.40. The second-order valence-corrected chi connectivity index (χ2v) is 5.21. The summed E-state index contributed by atoms with van der Waals surface area (Å²) in [7, 11) is 0. The first-order valence-corrected chi connectivity index (χ1v) is 6.77. The minimum Gasteiger partial charge on any atom is -0.388 e. The fraction of sp³-hybridized carbons (Fsp3) is 0.200. The third kappa shape index (κ3) is 3.28. The van der Waals surface area contributed by atoms with Crippen molar-refractivity contribution in [1.29, 1.82) is 0 Å². The molecule has 0 aliphatic heterocycles. The quantitative estimate of drug-likeness (QED) is 0.902. The topological polar surface area (TPSA) is 46.2 Å². The van der Waals surface area contributed by atoms with Crippen molar-refractivity contribution in [3.8, 4) is 0 Å². The molecule has 4 heteroatoms. The molecule has 0 aliphatic rings. The van der Waals surface area contributed by atoms with Crippen LogP contribution >= 0.6 is 23.2 Å². The number of nitrogens with two attached hydrogens (primary N) is 1. The maximum Gasteiger partial charge on any atom is 0.0871 e. The lowest BCUT2D eigenvalue weighted by Gasteiger charge is -2.23. The Hall–Kier alpha value is -1.06. The average molecular weight is 296 g/mol. The van der Waals surface area contributed by atoms with Gasteiger partial charge in [-0.15, -0.1) is 0 Å². The number of benzene rings is 2. The Morgan fingerprint density at radius 3 is 2.32 bits per heavy atom. The minimum absolute atomic E-state index is 0.257. The van der Waals surface area contributed by atoms with Gasteiger partial charge in [0.2, 0.25) is 0 Å². The van der Waals surface area contributed by atoms with Gasteiger partial charge in [-0.25, -0.2) is 0 Å². The maximum atomic E-state index is 10.5. The predicted molar refractivity (Wildman–Crippen MR) is 79.7 cm³/mol. The van der Waals surface area contributed by atoms with Crippen LogP contribution in [0.5, 0.6) is 0 Å². The van der Waals surface area contributed by atoms with Crippen molar-refractivity contribution in [2.45, 2.75) is 12.0 Å². The van der Waals surface area contributed by atoms with E-state index in [0.717, 1.165) is 11.1 Å². The lowest BCUT2D eigenvalue weighted by molar-refractivity contribution is 0.147. The summed E-state index contributed by atoms with van der Waals surface area (Å²) in [6.45, 7) is 0.303. The Labute approximate surface area is 122 Å². The molecule has 100 valence electrons. The molecule has 0 bridgehead atoms. The van der Waals surface area contributed by atoms with Crippen LogP contribution in [-0.4, -0.2) is 11.7 Å². The van der Waals surface area contributed by atoms with Crippen LogP contribution in [0.4, 0.5) is 0 Å². The monoisotopic (exact) mass is 295 g/mol. The van der Waals surface area contributed by atoms with E-state index in [0.29, 0.717) is 16.6 Å². The summed E-state index contributed by atoms with van der Waals surface area (Å²) in [5.74, 6) is -0.257. The first-order valence-electron chi connectivity index (χ1n) is 6.01. The zero-order valence-electron chi connectivity index (χ0n) is 10.3. The van der Waals surface area contributed by atoms with Gasteiger partial charge in [0.25, 0.3) is 0 Å². The van der Waals surface area contributed by atoms with Crippen molar-refractivity contribution in [2.75, 3.05) is 6.54 Å². The Kier molecular flexibility index (Phi) is 4.83. The van der Waals surface area contributed by atoms with Gasteiger partial charge >= 0.3 is 0 Å². The maximum absolute atomic E-state index is 10.5. The van der Waals surface area contributed by atoms with Gasteiger partial charge in [0, 0.05) is 22.5 Å². The molecule has 0 spiro atoms. The molecule has 2 aromatic rings. The number of halogens is 2. The van der Waals surface area contributed by atoms with Gasteiger partial charge in [-0.05, 0) is 23.3 Å². The standard InChI is InChI=1S/C15H15Cl2NO/c16-11-6-7-12(14(17)8-11)13(9-18)15(19)10-4-2-1-3-5-10/h1-8,13,15,19H,9,18H2. The molecule has 2 aromatic carbocycles. The number of aliphatic hydroxyl groups excluding tert-OH is 1. The van der Waals surface area contributed by atoms with Crippen LogP contribution in [-0.2, 0) is 0 Å². The molecular formula is C15H15Cl2NO. The van der Waals surface area contributed by atoms with E-state index in [1.165, 1.54) is 0 Å². The summed E-state index contributed by atoms with van der Waals surface area (Å²) in [5.41, 5.74) is 7.43. The van der Waals surface area contributed by atoms with Crippen LogP contribution in [0.25, 0.3) is 0 Å². The lowest BCUT2D eigenvalue weighted by atomic mass is 9.89. The highest BCUT2D eigenvalue weighted by molar-refractivity contribution is 6.35. The molecule has 2 rings (SSSR count). The summed E-state index contributed by atoms with van der Waals surface area (Å²) in [6.07, 6.45) is -0.690. The molecular weight excluding hydrogens is 281 g/mol. The Morgan fingerprint density at radius 2 is 1.74 bits per heavy atom. The molecule has 0 aliphatic carbocycles. The van der Waals surface area contributed by atoms with Gasteiger partial charge in [-0.2, -0.15) is 0 Å². The first-order chi connectivity index (χ1) is 9.13. The minimum atomic E-state index is -0.690. The van der Waals surface area contributed by atoms with E-state index >= 15 is 0 Å². The van der Waals surface area contributed by atoms with E-state index in [-0.39, 0.29) is 5.92 Å². The lowest BCUT2D eigenvalue weighted by Crippen LogP contribution is -2.20. The van der Waals surface area contributed by atoms with Crippen molar-refractivity contribution in [3.05, 3.63) is 69.7 Å². The number of aliphatic hydroxyl groups is 1. The van der Waals surface area contributed by atoms with E-state index in [2.05, 4.69) is 0 Å². The Bertz CT molecular complexity index is 545. The van der Waals surface area contributed by atoms with Crippen molar-refractivity contribution < 1.29 is 5.11 Å². The molecule has 0 saturated heterocycles. The Balaban J connectivity index is 2.34. The molecule has 0 radical (unpaired) electrons. The van der Waals surface area contributed by atoms with E-state index in [1.54, 1.807) is 12.1 Å². The molecule has 0 saturated carbocycles. The number of hydrogen-bond donors (Lipinski definition) is 2. The van der Waals surface area contributed by atoms with Gasteiger partial charge in [0.1, 0.15) is 0 Å². The zero-order chi connectivity index (χ0) is 13.8. The van der Waals surface area contributed by atoms with Crippen LogP contribution in [0.1, 0.15) is 23.1 Å². The summed E-state index contributed by atoms with van der Waals surface area (Å²) in [4.78, 5) is 0. The third-order valence-electron chi connectivity index (χ3n) is 3.14. The highest BCUT2D eigenvalue weighted by atomic mass is 35.5. The average Bonchev–Trinajstić information content (AvgIpc) is 2.42. The molecule has 19 heavy (non-hydrogen) atoms.